The van der Waals surface area contributed by atoms with Crippen molar-refractivity contribution in [3.8, 4) is 0 Å². The molecule has 0 spiro atoms. The molecule has 120 valence electrons. The van der Waals surface area contributed by atoms with Gasteiger partial charge in [-0.05, 0) is 92.3 Å². The molecule has 0 aromatic rings. The molecule has 8 unspecified atom stereocenters. The van der Waals surface area contributed by atoms with Gasteiger partial charge in [0.25, 0.3) is 0 Å². The Hall–Kier alpha value is -0.0800. The van der Waals surface area contributed by atoms with Crippen LogP contribution in [0, 0.1) is 34.5 Å². The van der Waals surface area contributed by atoms with Crippen LogP contribution in [0.2, 0.25) is 0 Å². The van der Waals surface area contributed by atoms with Crippen molar-refractivity contribution in [1.29, 1.82) is 0 Å². The molecule has 0 aromatic carbocycles. The van der Waals surface area contributed by atoms with Gasteiger partial charge < -0.3 is 10.8 Å². The average molecular weight is 291 g/mol. The summed E-state index contributed by atoms with van der Waals surface area (Å²) in [4.78, 5) is 0. The molecule has 4 fully saturated rings. The van der Waals surface area contributed by atoms with Crippen LogP contribution < -0.4 is 5.73 Å². The number of aliphatic hydroxyl groups is 1. The summed E-state index contributed by atoms with van der Waals surface area (Å²) in [7, 11) is 0. The minimum absolute atomic E-state index is 0.0336. The Balaban J connectivity index is 1.62. The molecule has 0 bridgehead atoms. The summed E-state index contributed by atoms with van der Waals surface area (Å²) in [6.07, 6.45) is 11.6. The van der Waals surface area contributed by atoms with Gasteiger partial charge in [0.05, 0.1) is 6.10 Å². The summed E-state index contributed by atoms with van der Waals surface area (Å²) in [6, 6.07) is 0.460. The highest BCUT2D eigenvalue weighted by atomic mass is 16.3. The Morgan fingerprint density at radius 3 is 2.38 bits per heavy atom. The van der Waals surface area contributed by atoms with Gasteiger partial charge in [-0.3, -0.25) is 0 Å². The van der Waals surface area contributed by atoms with E-state index < -0.39 is 0 Å². The van der Waals surface area contributed by atoms with E-state index in [1.54, 1.807) is 0 Å². The van der Waals surface area contributed by atoms with Crippen LogP contribution in [0.5, 0.6) is 0 Å². The second-order valence-corrected chi connectivity index (χ2v) is 9.33. The van der Waals surface area contributed by atoms with Crippen molar-refractivity contribution < 1.29 is 5.11 Å². The van der Waals surface area contributed by atoms with Crippen LogP contribution in [0.4, 0.5) is 0 Å². The van der Waals surface area contributed by atoms with Gasteiger partial charge in [0.1, 0.15) is 0 Å². The predicted octanol–water partition coefficient (Wildman–Crippen LogP) is 3.72. The molecule has 0 amide bonds. The van der Waals surface area contributed by atoms with Crippen LogP contribution in [0.3, 0.4) is 0 Å². The van der Waals surface area contributed by atoms with Gasteiger partial charge in [-0.1, -0.05) is 13.8 Å². The lowest BCUT2D eigenvalue weighted by Gasteiger charge is -2.60. The highest BCUT2D eigenvalue weighted by Gasteiger charge is 2.59. The zero-order valence-electron chi connectivity index (χ0n) is 13.9. The first kappa shape index (κ1) is 14.5. The smallest absolute Gasteiger partial charge is 0.0596 e. The Kier molecular flexibility index (Phi) is 3.25. The lowest BCUT2D eigenvalue weighted by molar-refractivity contribution is -0.122. The topological polar surface area (TPSA) is 46.2 Å². The normalized spacial score (nSPS) is 60.0. The van der Waals surface area contributed by atoms with Crippen molar-refractivity contribution in [2.45, 2.75) is 83.8 Å². The lowest BCUT2D eigenvalue weighted by Crippen LogP contribution is -2.55. The van der Waals surface area contributed by atoms with Gasteiger partial charge >= 0.3 is 0 Å². The fraction of sp³-hybridized carbons (Fsp3) is 1.00. The van der Waals surface area contributed by atoms with Gasteiger partial charge in [-0.25, -0.2) is 0 Å². The summed E-state index contributed by atoms with van der Waals surface area (Å²) < 4.78 is 0. The van der Waals surface area contributed by atoms with Crippen LogP contribution in [0.1, 0.15) is 71.6 Å². The fourth-order valence-electron chi connectivity index (χ4n) is 7.26. The zero-order chi connectivity index (χ0) is 14.8. The SMILES string of the molecule is CC12CCC3C(CCC4CC(N)CCC43C)C1CCC2O. The van der Waals surface area contributed by atoms with E-state index in [0.717, 1.165) is 30.1 Å². The molecule has 3 N–H and O–H groups in total. The van der Waals surface area contributed by atoms with Gasteiger partial charge in [-0.2, -0.15) is 0 Å². The van der Waals surface area contributed by atoms with Crippen LogP contribution in [0.15, 0.2) is 0 Å². The monoisotopic (exact) mass is 291 g/mol. The van der Waals surface area contributed by atoms with E-state index in [1.807, 2.05) is 0 Å². The number of rotatable bonds is 0. The second kappa shape index (κ2) is 4.71. The molecule has 2 heteroatoms. The summed E-state index contributed by atoms with van der Waals surface area (Å²) in [6.45, 7) is 4.98. The molecule has 0 radical (unpaired) electrons. The first-order chi connectivity index (χ1) is 9.95. The molecule has 21 heavy (non-hydrogen) atoms. The summed E-state index contributed by atoms with van der Waals surface area (Å²) in [5, 5.41) is 10.5. The number of fused-ring (bicyclic) bond motifs is 5. The van der Waals surface area contributed by atoms with E-state index in [0.29, 0.717) is 11.5 Å². The van der Waals surface area contributed by atoms with E-state index in [1.165, 1.54) is 51.4 Å². The van der Waals surface area contributed by atoms with Gasteiger partial charge in [0.2, 0.25) is 0 Å². The fourth-order valence-corrected chi connectivity index (χ4v) is 7.26. The number of nitrogens with two attached hydrogens (primary N) is 1. The molecule has 0 aliphatic heterocycles. The quantitative estimate of drug-likeness (QED) is 0.714. The van der Waals surface area contributed by atoms with E-state index in [-0.39, 0.29) is 11.5 Å². The summed E-state index contributed by atoms with van der Waals surface area (Å²) >= 11 is 0. The molecular weight excluding hydrogens is 258 g/mol. The molecule has 0 saturated heterocycles. The number of aliphatic hydroxyl groups excluding tert-OH is 1. The Morgan fingerprint density at radius 1 is 0.857 bits per heavy atom. The van der Waals surface area contributed by atoms with E-state index in [9.17, 15) is 5.11 Å². The van der Waals surface area contributed by atoms with Crippen molar-refractivity contribution in [2.75, 3.05) is 0 Å². The Labute approximate surface area is 129 Å². The van der Waals surface area contributed by atoms with Crippen LogP contribution >= 0.6 is 0 Å². The molecule has 4 aliphatic rings. The lowest BCUT2D eigenvalue weighted by atomic mass is 9.45. The van der Waals surface area contributed by atoms with Crippen LogP contribution in [0.25, 0.3) is 0 Å². The van der Waals surface area contributed by atoms with Crippen molar-refractivity contribution >= 4 is 0 Å². The van der Waals surface area contributed by atoms with Crippen molar-refractivity contribution in [3.05, 3.63) is 0 Å². The first-order valence-corrected chi connectivity index (χ1v) is 9.39. The van der Waals surface area contributed by atoms with Crippen molar-refractivity contribution in [1.82, 2.24) is 0 Å². The number of hydrogen-bond acceptors (Lipinski definition) is 2. The third-order valence-electron chi connectivity index (χ3n) is 8.66. The highest BCUT2D eigenvalue weighted by molar-refractivity contribution is 5.09. The molecule has 4 aliphatic carbocycles. The van der Waals surface area contributed by atoms with Gasteiger partial charge in [0, 0.05) is 6.04 Å². The second-order valence-electron chi connectivity index (χ2n) is 9.33. The van der Waals surface area contributed by atoms with Crippen LogP contribution in [-0.4, -0.2) is 17.3 Å². The molecule has 0 heterocycles. The molecule has 0 aromatic heterocycles. The largest absolute Gasteiger partial charge is 0.393 e. The molecule has 2 nitrogen and oxygen atoms in total. The third kappa shape index (κ3) is 1.91. The summed E-state index contributed by atoms with van der Waals surface area (Å²) in [5.41, 5.74) is 7.04. The van der Waals surface area contributed by atoms with Gasteiger partial charge in [0.15, 0.2) is 0 Å². The Bertz CT molecular complexity index is 424. The van der Waals surface area contributed by atoms with E-state index >= 15 is 0 Å². The first-order valence-electron chi connectivity index (χ1n) is 9.39. The average Bonchev–Trinajstić information content (AvgIpc) is 2.76. The van der Waals surface area contributed by atoms with E-state index in [4.69, 9.17) is 5.73 Å². The van der Waals surface area contributed by atoms with Gasteiger partial charge in [-0.15, -0.1) is 0 Å². The maximum Gasteiger partial charge on any atom is 0.0596 e. The number of hydrogen-bond donors (Lipinski definition) is 2. The molecule has 8 atom stereocenters. The standard InChI is InChI=1S/C19H33NO/c1-18-9-7-13(20)11-12(18)3-4-14-15-5-6-17(21)19(15,2)10-8-16(14)18/h12-17,21H,3-11,20H2,1-2H3. The third-order valence-corrected chi connectivity index (χ3v) is 8.66. The minimum atomic E-state index is -0.0336. The maximum atomic E-state index is 10.5. The predicted molar refractivity (Wildman–Crippen MR) is 85.7 cm³/mol. The molecule has 4 rings (SSSR count). The molecule has 4 saturated carbocycles. The highest BCUT2D eigenvalue weighted by Crippen LogP contribution is 2.66. The van der Waals surface area contributed by atoms with Crippen molar-refractivity contribution in [3.63, 3.8) is 0 Å². The van der Waals surface area contributed by atoms with Crippen molar-refractivity contribution in [2.24, 2.45) is 40.2 Å². The molecular formula is C19H33NO. The maximum absolute atomic E-state index is 10.5. The zero-order valence-corrected chi connectivity index (χ0v) is 13.9. The van der Waals surface area contributed by atoms with Crippen LogP contribution in [-0.2, 0) is 0 Å². The summed E-state index contributed by atoms with van der Waals surface area (Å²) in [5.74, 6) is 3.46. The minimum Gasteiger partial charge on any atom is -0.393 e. The Morgan fingerprint density at radius 2 is 1.57 bits per heavy atom. The van der Waals surface area contributed by atoms with E-state index in [2.05, 4.69) is 13.8 Å².